The summed E-state index contributed by atoms with van der Waals surface area (Å²) in [5.41, 5.74) is 0. The van der Waals surface area contributed by atoms with Gasteiger partial charge in [-0.25, -0.2) is 8.78 Å². The molecule has 0 radical (unpaired) electrons. The third-order valence-corrected chi connectivity index (χ3v) is 8.66. The molecular formula is C18H10F2I3S+. The van der Waals surface area contributed by atoms with E-state index in [0.29, 0.717) is 0 Å². The summed E-state index contributed by atoms with van der Waals surface area (Å²) in [7, 11) is -0.414. The molecule has 0 unspecified atom stereocenters. The molecule has 0 spiro atoms. The molecule has 0 saturated heterocycles. The number of hydrogen-bond acceptors (Lipinski definition) is 0. The van der Waals surface area contributed by atoms with Crippen LogP contribution < -0.4 is 0 Å². The van der Waals surface area contributed by atoms with Gasteiger partial charge in [0.25, 0.3) is 0 Å². The molecule has 3 aromatic carbocycles. The van der Waals surface area contributed by atoms with Crippen molar-refractivity contribution in [3.05, 3.63) is 83.0 Å². The number of halogens is 5. The van der Waals surface area contributed by atoms with Gasteiger partial charge in [-0.15, -0.1) is 0 Å². The van der Waals surface area contributed by atoms with Gasteiger partial charge in [0.2, 0.25) is 0 Å². The molecule has 0 fully saturated rings. The molecule has 0 saturated carbocycles. The largest absolute Gasteiger partial charge is 0.207 e. The van der Waals surface area contributed by atoms with E-state index in [2.05, 4.69) is 79.9 Å². The second-order valence-corrected chi connectivity index (χ2v) is 10.4. The lowest BCUT2D eigenvalue weighted by molar-refractivity contribution is 0.626. The molecule has 0 nitrogen and oxygen atoms in total. The Kier molecular flexibility index (Phi) is 6.41. The van der Waals surface area contributed by atoms with Crippen LogP contribution in [0, 0.1) is 22.3 Å². The molecule has 0 bridgehead atoms. The molecule has 0 aliphatic heterocycles. The minimum absolute atomic E-state index is 0.256. The van der Waals surface area contributed by atoms with E-state index in [4.69, 9.17) is 0 Å². The zero-order valence-corrected chi connectivity index (χ0v) is 19.4. The molecule has 3 rings (SSSR count). The Bertz CT molecular complexity index is 796. The maximum atomic E-state index is 13.4. The molecular weight excluding hydrogens is 667 g/mol. The highest BCUT2D eigenvalue weighted by Crippen LogP contribution is 2.37. The van der Waals surface area contributed by atoms with Crippen LogP contribution in [0.5, 0.6) is 0 Å². The van der Waals surface area contributed by atoms with Crippen LogP contribution in [0.2, 0.25) is 0 Å². The minimum atomic E-state index is -0.414. The maximum Gasteiger partial charge on any atom is 0.193 e. The van der Waals surface area contributed by atoms with Crippen LogP contribution in [-0.2, 0) is 10.9 Å². The lowest BCUT2D eigenvalue weighted by atomic mass is 10.3. The smallest absolute Gasteiger partial charge is 0.193 e. The summed E-state index contributed by atoms with van der Waals surface area (Å²) in [5.74, 6) is -0.512. The van der Waals surface area contributed by atoms with Crippen LogP contribution in [0.15, 0.2) is 75.4 Å². The molecule has 0 atom stereocenters. The fourth-order valence-electron chi connectivity index (χ4n) is 2.24. The molecule has 0 N–H and O–H groups in total. The molecule has 122 valence electrons. The third-order valence-electron chi connectivity index (χ3n) is 3.27. The summed E-state index contributed by atoms with van der Waals surface area (Å²) in [6, 6.07) is 17.4. The molecule has 3 aromatic rings. The van der Waals surface area contributed by atoms with Crippen LogP contribution in [0.25, 0.3) is 0 Å². The van der Waals surface area contributed by atoms with Crippen molar-refractivity contribution in [1.82, 2.24) is 0 Å². The van der Waals surface area contributed by atoms with Crippen molar-refractivity contribution in [2.45, 2.75) is 14.7 Å². The fourth-order valence-corrected chi connectivity index (χ4v) is 9.21. The first-order valence-corrected chi connectivity index (χ1v) is 11.3. The first-order chi connectivity index (χ1) is 11.5. The van der Waals surface area contributed by atoms with Gasteiger partial charge in [-0.1, -0.05) is 0 Å². The summed E-state index contributed by atoms with van der Waals surface area (Å²) < 4.78 is 30.2. The predicted molar refractivity (Wildman–Crippen MR) is 120 cm³/mol. The Hall–Kier alpha value is 0.0600. The van der Waals surface area contributed by atoms with Crippen molar-refractivity contribution in [1.29, 1.82) is 0 Å². The van der Waals surface area contributed by atoms with Crippen LogP contribution in [0.3, 0.4) is 0 Å². The number of hydrogen-bond donors (Lipinski definition) is 0. The van der Waals surface area contributed by atoms with Gasteiger partial charge in [-0.05, 0) is 128 Å². The summed E-state index contributed by atoms with van der Waals surface area (Å²) in [5, 5.41) is 0. The van der Waals surface area contributed by atoms with Crippen LogP contribution in [-0.4, -0.2) is 0 Å². The second-order valence-electron chi connectivity index (χ2n) is 4.91. The SMILES string of the molecule is Fc1ccc([S+](c2ccc(F)cc2)c2c(I)cc(I)cc2I)cc1. The van der Waals surface area contributed by atoms with Gasteiger partial charge in [0, 0.05) is 3.57 Å². The third kappa shape index (κ3) is 4.24. The molecule has 24 heavy (non-hydrogen) atoms. The van der Waals surface area contributed by atoms with Crippen LogP contribution >= 0.6 is 67.8 Å². The zero-order valence-electron chi connectivity index (χ0n) is 12.1. The Morgan fingerprint density at radius 3 is 1.38 bits per heavy atom. The van der Waals surface area contributed by atoms with E-state index < -0.39 is 10.9 Å². The van der Waals surface area contributed by atoms with Gasteiger partial charge in [0.05, 0.1) is 7.14 Å². The van der Waals surface area contributed by atoms with Gasteiger partial charge in [-0.3, -0.25) is 0 Å². The topological polar surface area (TPSA) is 0 Å². The Morgan fingerprint density at radius 1 is 0.625 bits per heavy atom. The highest BCUT2D eigenvalue weighted by molar-refractivity contribution is 14.1. The molecule has 6 heteroatoms. The quantitative estimate of drug-likeness (QED) is 0.210. The van der Waals surface area contributed by atoms with Crippen molar-refractivity contribution in [2.24, 2.45) is 0 Å². The number of rotatable bonds is 3. The van der Waals surface area contributed by atoms with Crippen molar-refractivity contribution >= 4 is 78.7 Å². The fraction of sp³-hybridized carbons (Fsp3) is 0. The normalized spacial score (nSPS) is 11.1. The first kappa shape index (κ1) is 18.8. The Balaban J connectivity index is 2.22. The van der Waals surface area contributed by atoms with E-state index in [-0.39, 0.29) is 11.6 Å². The zero-order chi connectivity index (χ0) is 17.3. The summed E-state index contributed by atoms with van der Waals surface area (Å²) in [6.45, 7) is 0. The molecule has 0 aromatic heterocycles. The van der Waals surface area contributed by atoms with Crippen LogP contribution in [0.1, 0.15) is 0 Å². The highest BCUT2D eigenvalue weighted by Gasteiger charge is 2.33. The van der Waals surface area contributed by atoms with Crippen LogP contribution in [0.4, 0.5) is 8.78 Å². The summed E-state index contributed by atoms with van der Waals surface area (Å²) >= 11 is 6.99. The van der Waals surface area contributed by atoms with Gasteiger partial charge in [0.1, 0.15) is 22.5 Å². The van der Waals surface area contributed by atoms with Gasteiger partial charge in [-0.2, -0.15) is 0 Å². The first-order valence-electron chi connectivity index (χ1n) is 6.85. The molecule has 0 aliphatic rings. The Morgan fingerprint density at radius 2 is 1.00 bits per heavy atom. The number of benzene rings is 3. The summed E-state index contributed by atoms with van der Waals surface area (Å²) in [6.07, 6.45) is 0. The van der Waals surface area contributed by atoms with E-state index in [1.54, 1.807) is 0 Å². The van der Waals surface area contributed by atoms with E-state index in [0.717, 1.165) is 16.9 Å². The van der Waals surface area contributed by atoms with E-state index in [1.807, 2.05) is 24.3 Å². The van der Waals surface area contributed by atoms with Crippen molar-refractivity contribution in [2.75, 3.05) is 0 Å². The van der Waals surface area contributed by atoms with E-state index in [1.165, 1.54) is 32.7 Å². The summed E-state index contributed by atoms with van der Waals surface area (Å²) in [4.78, 5) is 3.22. The van der Waals surface area contributed by atoms with Crippen molar-refractivity contribution in [3.63, 3.8) is 0 Å². The van der Waals surface area contributed by atoms with Gasteiger partial charge < -0.3 is 0 Å². The monoisotopic (exact) mass is 677 g/mol. The average molecular weight is 677 g/mol. The lowest BCUT2D eigenvalue weighted by Crippen LogP contribution is -2.09. The molecule has 0 amide bonds. The molecule has 0 aliphatic carbocycles. The standard InChI is InChI=1S/C18H10F2I3S/c19-11-1-5-14(6-2-11)24(15-7-3-12(20)4-8-15)18-16(22)9-13(21)10-17(18)23/h1-10H/q+1. The van der Waals surface area contributed by atoms with Gasteiger partial charge >= 0.3 is 0 Å². The average Bonchev–Trinajstić information content (AvgIpc) is 2.53. The maximum absolute atomic E-state index is 13.4. The van der Waals surface area contributed by atoms with E-state index in [9.17, 15) is 8.78 Å². The predicted octanol–water partition coefficient (Wildman–Crippen LogP) is 6.87. The minimum Gasteiger partial charge on any atom is -0.207 e. The second kappa shape index (κ2) is 8.17. The Labute approximate surface area is 183 Å². The van der Waals surface area contributed by atoms with E-state index >= 15 is 0 Å². The molecule has 0 heterocycles. The lowest BCUT2D eigenvalue weighted by Gasteiger charge is -2.12. The highest BCUT2D eigenvalue weighted by atomic mass is 127. The van der Waals surface area contributed by atoms with Crippen molar-refractivity contribution in [3.8, 4) is 0 Å². The van der Waals surface area contributed by atoms with Gasteiger partial charge in [0.15, 0.2) is 14.7 Å². The van der Waals surface area contributed by atoms with Crippen molar-refractivity contribution < 1.29 is 8.78 Å².